The first-order valence-corrected chi connectivity index (χ1v) is 12.0. The Morgan fingerprint density at radius 2 is 1.81 bits per heavy atom. The van der Waals surface area contributed by atoms with Gasteiger partial charge in [-0.3, -0.25) is 9.59 Å². The number of rotatable bonds is 8. The number of carbonyl (C=O) groups excluding carboxylic acids is 1. The van der Waals surface area contributed by atoms with E-state index in [-0.39, 0.29) is 16.4 Å². The SMILES string of the molecule is Cc1cccc(-c2ccc(C(=O)N(C)CCCOc3cccc(S(C)(=O)=O)c3)c(=O)[nH]2)c1. The van der Waals surface area contributed by atoms with Crippen LogP contribution in [0, 0.1) is 6.92 Å². The first-order chi connectivity index (χ1) is 15.1. The third kappa shape index (κ3) is 5.85. The molecule has 2 aromatic carbocycles. The van der Waals surface area contributed by atoms with Crippen LogP contribution in [0.15, 0.2) is 70.4 Å². The number of sulfone groups is 1. The Morgan fingerprint density at radius 3 is 2.50 bits per heavy atom. The zero-order valence-electron chi connectivity index (χ0n) is 18.3. The Morgan fingerprint density at radius 1 is 1.06 bits per heavy atom. The van der Waals surface area contributed by atoms with Crippen molar-refractivity contribution in [1.29, 1.82) is 0 Å². The first-order valence-electron chi connectivity index (χ1n) is 10.1. The quantitative estimate of drug-likeness (QED) is 0.527. The highest BCUT2D eigenvalue weighted by Gasteiger charge is 2.16. The predicted octanol–water partition coefficient (Wildman–Crippen LogP) is 3.29. The molecular weight excluding hydrogens is 428 g/mol. The number of nitrogens with one attached hydrogen (secondary N) is 1. The largest absolute Gasteiger partial charge is 0.493 e. The summed E-state index contributed by atoms with van der Waals surface area (Å²) >= 11 is 0. The van der Waals surface area contributed by atoms with Crippen LogP contribution in [0.2, 0.25) is 0 Å². The second-order valence-electron chi connectivity index (χ2n) is 7.66. The molecule has 168 valence electrons. The summed E-state index contributed by atoms with van der Waals surface area (Å²) in [6.07, 6.45) is 1.66. The number of pyridine rings is 1. The van der Waals surface area contributed by atoms with Gasteiger partial charge in [0.1, 0.15) is 11.3 Å². The van der Waals surface area contributed by atoms with Gasteiger partial charge in [-0.15, -0.1) is 0 Å². The van der Waals surface area contributed by atoms with Gasteiger partial charge in [-0.2, -0.15) is 0 Å². The number of aromatic nitrogens is 1. The Hall–Kier alpha value is -3.39. The van der Waals surface area contributed by atoms with E-state index < -0.39 is 15.4 Å². The average Bonchev–Trinajstić information content (AvgIpc) is 2.75. The molecule has 0 aliphatic carbocycles. The van der Waals surface area contributed by atoms with E-state index >= 15 is 0 Å². The molecule has 3 rings (SSSR count). The first kappa shape index (κ1) is 23.3. The maximum atomic E-state index is 12.7. The van der Waals surface area contributed by atoms with Gasteiger partial charge in [-0.05, 0) is 55.3 Å². The minimum Gasteiger partial charge on any atom is -0.493 e. The lowest BCUT2D eigenvalue weighted by atomic mass is 10.1. The molecule has 1 N–H and O–H groups in total. The van der Waals surface area contributed by atoms with E-state index in [1.54, 1.807) is 31.3 Å². The van der Waals surface area contributed by atoms with Crippen LogP contribution in [0.1, 0.15) is 22.3 Å². The van der Waals surface area contributed by atoms with Crippen molar-refractivity contribution in [3.63, 3.8) is 0 Å². The van der Waals surface area contributed by atoms with Crippen molar-refractivity contribution in [2.75, 3.05) is 26.5 Å². The normalized spacial score (nSPS) is 11.2. The van der Waals surface area contributed by atoms with Crippen LogP contribution in [0.3, 0.4) is 0 Å². The third-order valence-corrected chi connectivity index (χ3v) is 6.07. The minimum atomic E-state index is -3.30. The summed E-state index contributed by atoms with van der Waals surface area (Å²) in [6, 6.07) is 17.3. The lowest BCUT2D eigenvalue weighted by molar-refractivity contribution is 0.0786. The van der Waals surface area contributed by atoms with E-state index in [2.05, 4.69) is 4.98 Å². The van der Waals surface area contributed by atoms with E-state index in [1.165, 1.54) is 17.0 Å². The molecule has 1 amide bonds. The number of carbonyl (C=O) groups is 1. The van der Waals surface area contributed by atoms with Crippen LogP contribution in [0.25, 0.3) is 11.3 Å². The highest BCUT2D eigenvalue weighted by atomic mass is 32.2. The summed E-state index contributed by atoms with van der Waals surface area (Å²) in [7, 11) is -1.68. The molecule has 1 aromatic heterocycles. The molecule has 0 atom stereocenters. The summed E-state index contributed by atoms with van der Waals surface area (Å²) in [5.41, 5.74) is 2.25. The monoisotopic (exact) mass is 454 g/mol. The molecule has 8 heteroatoms. The number of nitrogens with zero attached hydrogens (tertiary/aromatic N) is 1. The fourth-order valence-electron chi connectivity index (χ4n) is 3.22. The molecule has 0 saturated carbocycles. The van der Waals surface area contributed by atoms with E-state index in [0.717, 1.165) is 17.4 Å². The van der Waals surface area contributed by atoms with Gasteiger partial charge in [0.2, 0.25) is 0 Å². The Kier molecular flexibility index (Phi) is 7.15. The topological polar surface area (TPSA) is 96.5 Å². The van der Waals surface area contributed by atoms with Crippen LogP contribution in [0.4, 0.5) is 0 Å². The summed E-state index contributed by atoms with van der Waals surface area (Å²) in [6.45, 7) is 2.65. The lowest BCUT2D eigenvalue weighted by Gasteiger charge is -2.17. The van der Waals surface area contributed by atoms with E-state index in [0.29, 0.717) is 31.0 Å². The number of hydrogen-bond donors (Lipinski definition) is 1. The van der Waals surface area contributed by atoms with Crippen molar-refractivity contribution in [3.8, 4) is 17.0 Å². The van der Waals surface area contributed by atoms with Crippen LogP contribution in [-0.2, 0) is 9.84 Å². The number of amides is 1. The zero-order valence-corrected chi connectivity index (χ0v) is 19.1. The molecule has 0 unspecified atom stereocenters. The minimum absolute atomic E-state index is 0.0747. The second-order valence-corrected chi connectivity index (χ2v) is 9.68. The highest BCUT2D eigenvalue weighted by Crippen LogP contribution is 2.18. The fourth-order valence-corrected chi connectivity index (χ4v) is 3.87. The van der Waals surface area contributed by atoms with Crippen molar-refractivity contribution in [2.24, 2.45) is 0 Å². The van der Waals surface area contributed by atoms with Crippen molar-refractivity contribution < 1.29 is 17.9 Å². The molecule has 0 spiro atoms. The Labute approximate surface area is 187 Å². The van der Waals surface area contributed by atoms with Crippen molar-refractivity contribution in [2.45, 2.75) is 18.2 Å². The molecule has 0 bridgehead atoms. The number of ether oxygens (including phenoxy) is 1. The Bertz CT molecular complexity index is 1280. The van der Waals surface area contributed by atoms with Gasteiger partial charge in [-0.25, -0.2) is 8.42 Å². The zero-order chi connectivity index (χ0) is 23.3. The van der Waals surface area contributed by atoms with Crippen molar-refractivity contribution in [3.05, 3.63) is 82.1 Å². The molecule has 0 radical (unpaired) electrons. The number of aryl methyl sites for hydroxylation is 1. The number of hydrogen-bond acceptors (Lipinski definition) is 5. The molecule has 0 aliphatic rings. The van der Waals surface area contributed by atoms with Crippen molar-refractivity contribution in [1.82, 2.24) is 9.88 Å². The molecule has 0 aliphatic heterocycles. The van der Waals surface area contributed by atoms with Crippen LogP contribution in [0.5, 0.6) is 5.75 Å². The van der Waals surface area contributed by atoms with Crippen LogP contribution < -0.4 is 10.3 Å². The van der Waals surface area contributed by atoms with E-state index in [1.807, 2.05) is 31.2 Å². The van der Waals surface area contributed by atoms with Gasteiger partial charge >= 0.3 is 0 Å². The number of aromatic amines is 1. The van der Waals surface area contributed by atoms with Crippen LogP contribution in [-0.4, -0.2) is 50.7 Å². The lowest BCUT2D eigenvalue weighted by Crippen LogP contribution is -2.33. The van der Waals surface area contributed by atoms with E-state index in [4.69, 9.17) is 4.74 Å². The predicted molar refractivity (Wildman–Crippen MR) is 124 cm³/mol. The second kappa shape index (κ2) is 9.82. The fraction of sp³-hybridized carbons (Fsp3) is 0.250. The molecule has 7 nitrogen and oxygen atoms in total. The van der Waals surface area contributed by atoms with Crippen molar-refractivity contribution >= 4 is 15.7 Å². The molecule has 32 heavy (non-hydrogen) atoms. The molecular formula is C24H26N2O5S. The smallest absolute Gasteiger partial charge is 0.261 e. The van der Waals surface area contributed by atoms with Gasteiger partial charge < -0.3 is 14.6 Å². The maximum Gasteiger partial charge on any atom is 0.261 e. The van der Waals surface area contributed by atoms with Crippen LogP contribution >= 0.6 is 0 Å². The molecule has 0 saturated heterocycles. The number of H-pyrrole nitrogens is 1. The standard InChI is InChI=1S/C24H26N2O5S/c1-17-7-4-8-18(15-17)22-12-11-21(23(27)25-22)24(28)26(2)13-6-14-31-19-9-5-10-20(16-19)32(3,29)30/h4-5,7-12,15-16H,6,13-14H2,1-3H3,(H,25,27). The van der Waals surface area contributed by atoms with Gasteiger partial charge in [0.05, 0.1) is 11.5 Å². The number of benzene rings is 2. The molecule has 0 fully saturated rings. The molecule has 3 aromatic rings. The average molecular weight is 455 g/mol. The summed E-state index contributed by atoms with van der Waals surface area (Å²) in [5.74, 6) is 0.0752. The maximum absolute atomic E-state index is 12.7. The van der Waals surface area contributed by atoms with Gasteiger partial charge in [0.25, 0.3) is 11.5 Å². The van der Waals surface area contributed by atoms with Gasteiger partial charge in [-0.1, -0.05) is 29.8 Å². The summed E-state index contributed by atoms with van der Waals surface area (Å²) < 4.78 is 28.9. The highest BCUT2D eigenvalue weighted by molar-refractivity contribution is 7.90. The van der Waals surface area contributed by atoms with Gasteiger partial charge in [0.15, 0.2) is 9.84 Å². The summed E-state index contributed by atoms with van der Waals surface area (Å²) in [4.78, 5) is 29.6. The van der Waals surface area contributed by atoms with E-state index in [9.17, 15) is 18.0 Å². The molecule has 1 heterocycles. The summed E-state index contributed by atoms with van der Waals surface area (Å²) in [5, 5.41) is 0. The third-order valence-electron chi connectivity index (χ3n) is 4.96. The van der Waals surface area contributed by atoms with Gasteiger partial charge in [0, 0.05) is 25.5 Å². The Balaban J connectivity index is 1.57.